The summed E-state index contributed by atoms with van der Waals surface area (Å²) < 4.78 is 5.62. The average Bonchev–Trinajstić information content (AvgIpc) is 2.54. The number of aromatic nitrogens is 1. The summed E-state index contributed by atoms with van der Waals surface area (Å²) in [6.45, 7) is 1.66. The van der Waals surface area contributed by atoms with Gasteiger partial charge in [-0.2, -0.15) is 0 Å². The number of aliphatic hydroxyl groups excluding tert-OH is 1. The molecule has 0 saturated carbocycles. The molecule has 0 radical (unpaired) electrons. The molecule has 110 valence electrons. The van der Waals surface area contributed by atoms with E-state index >= 15 is 0 Å². The van der Waals surface area contributed by atoms with E-state index in [9.17, 15) is 4.79 Å². The van der Waals surface area contributed by atoms with Crippen molar-refractivity contribution in [1.82, 2.24) is 4.98 Å². The Morgan fingerprint density at radius 2 is 1.95 bits per heavy atom. The fraction of sp³-hybridized carbons (Fsp3) is 0.294. The second-order valence-electron chi connectivity index (χ2n) is 4.82. The van der Waals surface area contributed by atoms with Gasteiger partial charge in [-0.25, -0.2) is 4.98 Å². The van der Waals surface area contributed by atoms with E-state index in [4.69, 9.17) is 9.84 Å². The number of hydrogen-bond acceptors (Lipinski definition) is 4. The molecule has 1 heterocycles. The molecule has 0 amide bonds. The highest BCUT2D eigenvalue weighted by Gasteiger charge is 2.05. The summed E-state index contributed by atoms with van der Waals surface area (Å²) in [6, 6.07) is 11.1. The van der Waals surface area contributed by atoms with E-state index in [2.05, 4.69) is 24.0 Å². The second-order valence-corrected chi connectivity index (χ2v) is 4.82. The average molecular weight is 285 g/mol. The number of ether oxygens (including phenoxy) is 1. The highest BCUT2D eigenvalue weighted by Crippen LogP contribution is 2.20. The molecule has 1 aromatic heterocycles. The molecule has 0 bridgehead atoms. The molecule has 2 rings (SSSR count). The van der Waals surface area contributed by atoms with E-state index in [0.717, 1.165) is 6.42 Å². The van der Waals surface area contributed by atoms with Gasteiger partial charge in [-0.3, -0.25) is 4.79 Å². The van der Waals surface area contributed by atoms with E-state index in [1.807, 2.05) is 12.1 Å². The Hall–Kier alpha value is -2.20. The Kier molecular flexibility index (Phi) is 5.46. The third-order valence-electron chi connectivity index (χ3n) is 3.17. The van der Waals surface area contributed by atoms with Gasteiger partial charge in [0.25, 0.3) is 0 Å². The first-order valence-electron chi connectivity index (χ1n) is 7.10. The minimum absolute atomic E-state index is 0.352. The number of benzene rings is 1. The Labute approximate surface area is 124 Å². The van der Waals surface area contributed by atoms with Crippen LogP contribution in [0, 0.1) is 0 Å². The lowest BCUT2D eigenvalue weighted by atomic mass is 10.1. The number of carbonyl (C=O) groups excluding carboxylic acids is 1. The first-order valence-corrected chi connectivity index (χ1v) is 7.10. The van der Waals surface area contributed by atoms with Crippen molar-refractivity contribution in [3.05, 3.63) is 53.7 Å². The Balaban J connectivity index is 1.99. The van der Waals surface area contributed by atoms with Crippen molar-refractivity contribution in [1.29, 1.82) is 0 Å². The van der Waals surface area contributed by atoms with Gasteiger partial charge < -0.3 is 9.84 Å². The molecule has 0 spiro atoms. The van der Waals surface area contributed by atoms with Crippen LogP contribution in [0.2, 0.25) is 0 Å². The number of nitrogens with zero attached hydrogens (tertiary/aromatic N) is 1. The summed E-state index contributed by atoms with van der Waals surface area (Å²) in [5.41, 5.74) is 1.67. The fourth-order valence-electron chi connectivity index (χ4n) is 1.92. The zero-order valence-electron chi connectivity index (χ0n) is 12.1. The lowest BCUT2D eigenvalue weighted by molar-refractivity contribution is 0.0903. The van der Waals surface area contributed by atoms with E-state index in [0.29, 0.717) is 17.2 Å². The third kappa shape index (κ3) is 4.39. The molecule has 4 heteroatoms. The largest absolute Gasteiger partial charge is 0.439 e. The van der Waals surface area contributed by atoms with Gasteiger partial charge in [0.1, 0.15) is 12.4 Å². The van der Waals surface area contributed by atoms with Crippen molar-refractivity contribution in [3.63, 3.8) is 0 Å². The standard InChI is InChI=1S/C17H19NO3/c1-2-3-4-13-5-8-15(9-6-13)21-17-10-7-14(11-18-17)16(20)12-19/h5-11,19H,2-4,12H2,1H3. The number of pyridine rings is 1. The smallest absolute Gasteiger partial charge is 0.219 e. The highest BCUT2D eigenvalue weighted by molar-refractivity contribution is 5.96. The molecule has 0 unspecified atom stereocenters. The lowest BCUT2D eigenvalue weighted by Gasteiger charge is -2.06. The number of rotatable bonds is 7. The van der Waals surface area contributed by atoms with Crippen LogP contribution in [0.1, 0.15) is 35.7 Å². The Morgan fingerprint density at radius 1 is 1.19 bits per heavy atom. The molecule has 1 N–H and O–H groups in total. The summed E-state index contributed by atoms with van der Waals surface area (Å²) in [6.07, 6.45) is 4.85. The molecule has 21 heavy (non-hydrogen) atoms. The number of hydrogen-bond donors (Lipinski definition) is 1. The van der Waals surface area contributed by atoms with Crippen LogP contribution in [0.15, 0.2) is 42.6 Å². The van der Waals surface area contributed by atoms with Gasteiger partial charge in [0.05, 0.1) is 0 Å². The van der Waals surface area contributed by atoms with Crippen LogP contribution >= 0.6 is 0 Å². The van der Waals surface area contributed by atoms with Crippen LogP contribution in [0.4, 0.5) is 0 Å². The highest BCUT2D eigenvalue weighted by atomic mass is 16.5. The fourth-order valence-corrected chi connectivity index (χ4v) is 1.92. The van der Waals surface area contributed by atoms with Crippen molar-refractivity contribution >= 4 is 5.78 Å². The molecule has 0 fully saturated rings. The van der Waals surface area contributed by atoms with Crippen LogP contribution in [0.5, 0.6) is 11.6 Å². The minimum atomic E-state index is -0.513. The van der Waals surface area contributed by atoms with Crippen LogP contribution in [-0.4, -0.2) is 22.5 Å². The van der Waals surface area contributed by atoms with E-state index in [1.54, 1.807) is 12.1 Å². The molecule has 0 saturated heterocycles. The van der Waals surface area contributed by atoms with Gasteiger partial charge in [0, 0.05) is 17.8 Å². The van der Waals surface area contributed by atoms with E-state index < -0.39 is 6.61 Å². The Morgan fingerprint density at radius 3 is 2.52 bits per heavy atom. The van der Waals surface area contributed by atoms with Crippen molar-refractivity contribution in [3.8, 4) is 11.6 Å². The number of carbonyl (C=O) groups is 1. The zero-order valence-corrected chi connectivity index (χ0v) is 12.1. The van der Waals surface area contributed by atoms with Crippen molar-refractivity contribution < 1.29 is 14.6 Å². The zero-order chi connectivity index (χ0) is 15.1. The van der Waals surface area contributed by atoms with Crippen LogP contribution in [-0.2, 0) is 6.42 Å². The lowest BCUT2D eigenvalue weighted by Crippen LogP contribution is -2.04. The van der Waals surface area contributed by atoms with Gasteiger partial charge in [-0.15, -0.1) is 0 Å². The van der Waals surface area contributed by atoms with Crippen LogP contribution in [0.3, 0.4) is 0 Å². The summed E-state index contributed by atoms with van der Waals surface area (Å²) in [4.78, 5) is 15.3. The van der Waals surface area contributed by atoms with Crippen molar-refractivity contribution in [2.24, 2.45) is 0 Å². The summed E-state index contributed by atoms with van der Waals surface area (Å²) >= 11 is 0. The van der Waals surface area contributed by atoms with Crippen LogP contribution in [0.25, 0.3) is 0 Å². The molecule has 0 aliphatic heterocycles. The topological polar surface area (TPSA) is 59.4 Å². The van der Waals surface area contributed by atoms with E-state index in [-0.39, 0.29) is 5.78 Å². The van der Waals surface area contributed by atoms with Gasteiger partial charge in [0.2, 0.25) is 5.88 Å². The first kappa shape index (κ1) is 15.2. The van der Waals surface area contributed by atoms with Crippen LogP contribution < -0.4 is 4.74 Å². The van der Waals surface area contributed by atoms with Crippen molar-refractivity contribution in [2.45, 2.75) is 26.2 Å². The van der Waals surface area contributed by atoms with Gasteiger partial charge in [-0.05, 0) is 36.6 Å². The molecular weight excluding hydrogens is 266 g/mol. The molecule has 1 aromatic carbocycles. The normalized spacial score (nSPS) is 10.4. The van der Waals surface area contributed by atoms with Crippen molar-refractivity contribution in [2.75, 3.05) is 6.61 Å². The second kappa shape index (κ2) is 7.55. The number of aliphatic hydroxyl groups is 1. The SMILES string of the molecule is CCCCc1ccc(Oc2ccc(C(=O)CO)cn2)cc1. The predicted octanol–water partition coefficient (Wildman–Crippen LogP) is 3.39. The quantitative estimate of drug-likeness (QED) is 0.792. The molecule has 0 atom stereocenters. The maximum atomic E-state index is 11.3. The van der Waals surface area contributed by atoms with Gasteiger partial charge in [-0.1, -0.05) is 25.5 Å². The maximum absolute atomic E-state index is 11.3. The predicted molar refractivity (Wildman–Crippen MR) is 80.8 cm³/mol. The molecule has 4 nitrogen and oxygen atoms in total. The van der Waals surface area contributed by atoms with Gasteiger partial charge >= 0.3 is 0 Å². The van der Waals surface area contributed by atoms with E-state index in [1.165, 1.54) is 24.6 Å². The number of Topliss-reactive ketones (excluding diaryl/α,β-unsaturated/α-hetero) is 1. The Bertz CT molecular complexity index is 576. The monoisotopic (exact) mass is 285 g/mol. The molecule has 2 aromatic rings. The maximum Gasteiger partial charge on any atom is 0.219 e. The summed E-state index contributed by atoms with van der Waals surface area (Å²) in [7, 11) is 0. The van der Waals surface area contributed by atoms with Gasteiger partial charge in [0.15, 0.2) is 5.78 Å². The number of aryl methyl sites for hydroxylation is 1. The number of ketones is 1. The summed E-state index contributed by atoms with van der Waals surface area (Å²) in [5, 5.41) is 8.77. The number of unbranched alkanes of at least 4 members (excludes halogenated alkanes) is 1. The molecular formula is C17H19NO3. The minimum Gasteiger partial charge on any atom is -0.439 e. The molecule has 0 aliphatic rings. The molecule has 0 aliphatic carbocycles. The third-order valence-corrected chi connectivity index (χ3v) is 3.17. The first-order chi connectivity index (χ1) is 10.2. The summed E-state index contributed by atoms with van der Waals surface area (Å²) in [5.74, 6) is 0.782.